The zero-order valence-electron chi connectivity index (χ0n) is 15.7. The summed E-state index contributed by atoms with van der Waals surface area (Å²) in [6, 6.07) is 17.4. The van der Waals surface area contributed by atoms with Gasteiger partial charge in [0.2, 0.25) is 5.91 Å². The van der Waals surface area contributed by atoms with Crippen LogP contribution in [-0.4, -0.2) is 49.9 Å². The minimum absolute atomic E-state index is 0.0207. The Morgan fingerprint density at radius 2 is 1.52 bits per heavy atom. The largest absolute Gasteiger partial charge is 0.368 e. The number of carbonyl (C=O) groups excluding carboxylic acids is 2. The molecular formula is C22H25N3O2. The van der Waals surface area contributed by atoms with Gasteiger partial charge in [-0.3, -0.25) is 9.59 Å². The minimum atomic E-state index is -0.0207. The molecule has 1 aliphatic heterocycles. The molecule has 5 nitrogen and oxygen atoms in total. The number of amides is 2. The normalized spacial score (nSPS) is 16.9. The highest BCUT2D eigenvalue weighted by Gasteiger charge is 2.34. The number of carbonyl (C=O) groups is 2. The molecule has 0 N–H and O–H groups in total. The first kappa shape index (κ1) is 17.6. The molecule has 2 aromatic carbocycles. The zero-order valence-corrected chi connectivity index (χ0v) is 15.7. The average Bonchev–Trinajstić information content (AvgIpc) is 3.58. The Balaban J connectivity index is 1.37. The van der Waals surface area contributed by atoms with E-state index in [9.17, 15) is 9.59 Å². The zero-order chi connectivity index (χ0) is 18.8. The molecule has 5 heteroatoms. The number of rotatable bonds is 4. The van der Waals surface area contributed by atoms with Crippen molar-refractivity contribution < 1.29 is 9.59 Å². The molecule has 2 fully saturated rings. The van der Waals surface area contributed by atoms with Crippen LogP contribution in [0.1, 0.15) is 23.2 Å². The summed E-state index contributed by atoms with van der Waals surface area (Å²) in [5.41, 5.74) is 2.66. The molecule has 1 saturated carbocycles. The van der Waals surface area contributed by atoms with Crippen LogP contribution >= 0.6 is 0 Å². The Kier molecular flexibility index (Phi) is 4.84. The van der Waals surface area contributed by atoms with E-state index in [1.807, 2.05) is 59.5 Å². The van der Waals surface area contributed by atoms with Crippen molar-refractivity contribution in [3.63, 3.8) is 0 Å². The number of hydrogen-bond acceptors (Lipinski definition) is 3. The highest BCUT2D eigenvalue weighted by atomic mass is 16.2. The Bertz CT molecular complexity index is 807. The van der Waals surface area contributed by atoms with Crippen LogP contribution in [-0.2, 0) is 4.79 Å². The molecule has 2 amide bonds. The van der Waals surface area contributed by atoms with Crippen LogP contribution in [0.15, 0.2) is 54.6 Å². The molecule has 0 radical (unpaired) electrons. The van der Waals surface area contributed by atoms with Gasteiger partial charge in [-0.2, -0.15) is 0 Å². The fourth-order valence-corrected chi connectivity index (χ4v) is 3.55. The molecule has 0 bridgehead atoms. The molecule has 0 aromatic heterocycles. The monoisotopic (exact) mass is 363 g/mol. The number of benzene rings is 2. The van der Waals surface area contributed by atoms with E-state index in [1.54, 1.807) is 11.9 Å². The summed E-state index contributed by atoms with van der Waals surface area (Å²) in [6.45, 7) is 3.25. The predicted octanol–water partition coefficient (Wildman–Crippen LogP) is 3.02. The maximum atomic E-state index is 12.7. The lowest BCUT2D eigenvalue weighted by Gasteiger charge is -2.36. The van der Waals surface area contributed by atoms with Gasteiger partial charge in [0.15, 0.2) is 0 Å². The Hall–Kier alpha value is -2.82. The molecule has 2 aliphatic rings. The van der Waals surface area contributed by atoms with Gasteiger partial charge in [-0.25, -0.2) is 0 Å². The lowest BCUT2D eigenvalue weighted by molar-refractivity contribution is -0.132. The van der Waals surface area contributed by atoms with Gasteiger partial charge in [-0.05, 0) is 49.2 Å². The molecule has 1 heterocycles. The van der Waals surface area contributed by atoms with Crippen molar-refractivity contribution in [2.45, 2.75) is 12.8 Å². The molecule has 0 spiro atoms. The van der Waals surface area contributed by atoms with Gasteiger partial charge in [0.1, 0.15) is 0 Å². The Morgan fingerprint density at radius 1 is 0.889 bits per heavy atom. The quantitative estimate of drug-likeness (QED) is 0.839. The maximum Gasteiger partial charge on any atom is 0.258 e. The fraction of sp³-hybridized carbons (Fsp3) is 0.364. The first-order chi connectivity index (χ1) is 13.1. The predicted molar refractivity (Wildman–Crippen MR) is 107 cm³/mol. The van der Waals surface area contributed by atoms with Crippen LogP contribution in [0.5, 0.6) is 0 Å². The lowest BCUT2D eigenvalue weighted by Crippen LogP contribution is -2.49. The van der Waals surface area contributed by atoms with Gasteiger partial charge in [-0.1, -0.05) is 18.2 Å². The van der Waals surface area contributed by atoms with E-state index in [0.29, 0.717) is 17.4 Å². The summed E-state index contributed by atoms with van der Waals surface area (Å²) in [6.07, 6.45) is 2.12. The standard InChI is InChI=1S/C22H25N3O2/c1-23(19-5-3-2-4-6-19)21(26)17-9-11-20(12-10-17)24-13-15-25(16-14-24)22(27)18-7-8-18/h2-6,9-12,18H,7-8,13-16H2,1H3. The first-order valence-corrected chi connectivity index (χ1v) is 9.60. The SMILES string of the molecule is CN(C(=O)c1ccc(N2CCN(C(=O)C3CC3)CC2)cc1)c1ccccc1. The number of para-hydroxylation sites is 1. The van der Waals surface area contributed by atoms with Crippen molar-refractivity contribution in [1.82, 2.24) is 4.90 Å². The van der Waals surface area contributed by atoms with E-state index in [2.05, 4.69) is 4.90 Å². The van der Waals surface area contributed by atoms with E-state index < -0.39 is 0 Å². The molecule has 1 saturated heterocycles. The fourth-order valence-electron chi connectivity index (χ4n) is 3.55. The van der Waals surface area contributed by atoms with Gasteiger partial charge >= 0.3 is 0 Å². The highest BCUT2D eigenvalue weighted by molar-refractivity contribution is 6.05. The van der Waals surface area contributed by atoms with E-state index in [0.717, 1.165) is 50.4 Å². The molecule has 2 aromatic rings. The third-order valence-electron chi connectivity index (χ3n) is 5.45. The van der Waals surface area contributed by atoms with E-state index in [1.165, 1.54) is 0 Å². The molecular weight excluding hydrogens is 338 g/mol. The van der Waals surface area contributed by atoms with Crippen LogP contribution in [0.2, 0.25) is 0 Å². The van der Waals surface area contributed by atoms with Crippen LogP contribution in [0.3, 0.4) is 0 Å². The summed E-state index contributed by atoms with van der Waals surface area (Å²) < 4.78 is 0. The summed E-state index contributed by atoms with van der Waals surface area (Å²) >= 11 is 0. The number of hydrogen-bond donors (Lipinski definition) is 0. The van der Waals surface area contributed by atoms with Crippen LogP contribution in [0, 0.1) is 5.92 Å². The van der Waals surface area contributed by atoms with Gasteiger partial charge in [0, 0.05) is 56.1 Å². The highest BCUT2D eigenvalue weighted by Crippen LogP contribution is 2.31. The number of nitrogens with zero attached hydrogens (tertiary/aromatic N) is 3. The second kappa shape index (κ2) is 7.43. The second-order valence-corrected chi connectivity index (χ2v) is 7.33. The third kappa shape index (κ3) is 3.82. The third-order valence-corrected chi connectivity index (χ3v) is 5.45. The van der Waals surface area contributed by atoms with E-state index in [-0.39, 0.29) is 5.91 Å². The van der Waals surface area contributed by atoms with Crippen LogP contribution in [0.4, 0.5) is 11.4 Å². The Labute approximate surface area is 160 Å². The molecule has 0 atom stereocenters. The van der Waals surface area contributed by atoms with Crippen LogP contribution < -0.4 is 9.80 Å². The lowest BCUT2D eigenvalue weighted by atomic mass is 10.1. The van der Waals surface area contributed by atoms with Gasteiger partial charge < -0.3 is 14.7 Å². The van der Waals surface area contributed by atoms with Crippen molar-refractivity contribution in [1.29, 1.82) is 0 Å². The average molecular weight is 363 g/mol. The topological polar surface area (TPSA) is 43.9 Å². The van der Waals surface area contributed by atoms with Gasteiger partial charge in [0.25, 0.3) is 5.91 Å². The molecule has 140 valence electrons. The van der Waals surface area contributed by atoms with E-state index in [4.69, 9.17) is 0 Å². The number of anilines is 2. The minimum Gasteiger partial charge on any atom is -0.368 e. The van der Waals surface area contributed by atoms with Gasteiger partial charge in [0.05, 0.1) is 0 Å². The Morgan fingerprint density at radius 3 is 2.11 bits per heavy atom. The van der Waals surface area contributed by atoms with Crippen molar-refractivity contribution >= 4 is 23.2 Å². The van der Waals surface area contributed by atoms with Crippen molar-refractivity contribution in [3.05, 3.63) is 60.2 Å². The summed E-state index contributed by atoms with van der Waals surface area (Å²) in [4.78, 5) is 30.8. The summed E-state index contributed by atoms with van der Waals surface area (Å²) in [5.74, 6) is 0.607. The molecule has 27 heavy (non-hydrogen) atoms. The van der Waals surface area contributed by atoms with Crippen molar-refractivity contribution in [2.24, 2.45) is 5.92 Å². The second-order valence-electron chi connectivity index (χ2n) is 7.33. The van der Waals surface area contributed by atoms with Crippen molar-refractivity contribution in [2.75, 3.05) is 43.0 Å². The smallest absolute Gasteiger partial charge is 0.258 e. The number of piperazine rings is 1. The molecule has 1 aliphatic carbocycles. The first-order valence-electron chi connectivity index (χ1n) is 9.60. The van der Waals surface area contributed by atoms with Crippen LogP contribution in [0.25, 0.3) is 0 Å². The van der Waals surface area contributed by atoms with E-state index >= 15 is 0 Å². The van der Waals surface area contributed by atoms with Crippen molar-refractivity contribution in [3.8, 4) is 0 Å². The maximum absolute atomic E-state index is 12.7. The van der Waals surface area contributed by atoms with Gasteiger partial charge in [-0.15, -0.1) is 0 Å². The molecule has 4 rings (SSSR count). The summed E-state index contributed by atoms with van der Waals surface area (Å²) in [7, 11) is 1.79. The molecule has 0 unspecified atom stereocenters. The summed E-state index contributed by atoms with van der Waals surface area (Å²) in [5, 5.41) is 0.